The van der Waals surface area contributed by atoms with Crippen molar-refractivity contribution in [2.75, 3.05) is 11.4 Å². The number of nitrogens with zero attached hydrogens (tertiary/aromatic N) is 3. The van der Waals surface area contributed by atoms with Gasteiger partial charge in [-0.25, -0.2) is 4.98 Å². The molecule has 4 aromatic rings. The predicted molar refractivity (Wildman–Crippen MR) is 141 cm³/mol. The van der Waals surface area contributed by atoms with Crippen LogP contribution in [0.25, 0.3) is 21.5 Å². The highest BCUT2D eigenvalue weighted by Crippen LogP contribution is 2.48. The minimum atomic E-state index is 0.226. The molecule has 3 atom stereocenters. The van der Waals surface area contributed by atoms with Gasteiger partial charge in [-0.3, -0.25) is 0 Å². The molecule has 2 aromatic carbocycles. The van der Waals surface area contributed by atoms with Crippen LogP contribution in [0.15, 0.2) is 40.9 Å². The van der Waals surface area contributed by atoms with Crippen LogP contribution < -0.4 is 4.90 Å². The van der Waals surface area contributed by atoms with E-state index in [9.17, 15) is 0 Å². The Bertz CT molecular complexity index is 1410. The number of anilines is 1. The summed E-state index contributed by atoms with van der Waals surface area (Å²) in [5.41, 5.74) is 4.83. The average molecular weight is 526 g/mol. The molecule has 0 N–H and O–H groups in total. The van der Waals surface area contributed by atoms with Crippen molar-refractivity contribution in [1.29, 1.82) is 0 Å². The van der Waals surface area contributed by atoms with Crippen molar-refractivity contribution in [3.05, 3.63) is 63.3 Å². The first kappa shape index (κ1) is 22.1. The summed E-state index contributed by atoms with van der Waals surface area (Å²) < 4.78 is 13.7. The first-order chi connectivity index (χ1) is 17.1. The van der Waals surface area contributed by atoms with Crippen molar-refractivity contribution in [2.24, 2.45) is 5.92 Å². The Balaban J connectivity index is 1.10. The number of rotatable bonds is 6. The molecule has 2 bridgehead atoms. The summed E-state index contributed by atoms with van der Waals surface area (Å²) >= 11 is 14.8. The minimum Gasteiger partial charge on any atom is -0.373 e. The second-order valence-electron chi connectivity index (χ2n) is 10.1. The third kappa shape index (κ3) is 3.77. The van der Waals surface area contributed by atoms with E-state index in [1.807, 2.05) is 18.2 Å². The Morgan fingerprint density at radius 3 is 2.63 bits per heavy atom. The Morgan fingerprint density at radius 2 is 1.91 bits per heavy atom. The number of hydrogen-bond acceptors (Lipinski definition) is 6. The lowest BCUT2D eigenvalue weighted by Gasteiger charge is -2.31. The van der Waals surface area contributed by atoms with Crippen molar-refractivity contribution in [3.63, 3.8) is 0 Å². The van der Waals surface area contributed by atoms with Crippen LogP contribution in [-0.4, -0.2) is 28.8 Å². The molecule has 35 heavy (non-hydrogen) atoms. The van der Waals surface area contributed by atoms with E-state index in [1.165, 1.54) is 10.3 Å². The van der Waals surface area contributed by atoms with Crippen LogP contribution in [0.5, 0.6) is 0 Å². The highest BCUT2D eigenvalue weighted by Gasteiger charge is 2.46. The molecule has 5 nitrogen and oxygen atoms in total. The Labute approximate surface area is 218 Å². The lowest BCUT2D eigenvalue weighted by molar-refractivity contribution is 0.0122. The van der Waals surface area contributed by atoms with Gasteiger partial charge in [-0.1, -0.05) is 57.9 Å². The number of aromatic nitrogens is 2. The minimum absolute atomic E-state index is 0.226. The Morgan fingerprint density at radius 1 is 1.11 bits per heavy atom. The molecule has 180 valence electrons. The van der Waals surface area contributed by atoms with Crippen molar-refractivity contribution >= 4 is 49.9 Å². The number of thiazole rings is 1. The van der Waals surface area contributed by atoms with Gasteiger partial charge in [0.25, 0.3) is 0 Å². The van der Waals surface area contributed by atoms with Gasteiger partial charge >= 0.3 is 0 Å². The molecule has 2 saturated carbocycles. The fourth-order valence-electron chi connectivity index (χ4n) is 5.78. The smallest absolute Gasteiger partial charge is 0.186 e. The summed E-state index contributed by atoms with van der Waals surface area (Å²) in [6, 6.07) is 12.4. The number of ether oxygens (including phenoxy) is 1. The van der Waals surface area contributed by atoms with Gasteiger partial charge in [0.1, 0.15) is 11.5 Å². The average Bonchev–Trinajstić information content (AvgIpc) is 3.18. The number of aryl methyl sites for hydroxylation is 1. The van der Waals surface area contributed by atoms with Gasteiger partial charge in [0.2, 0.25) is 0 Å². The van der Waals surface area contributed by atoms with Crippen molar-refractivity contribution in [1.82, 2.24) is 10.1 Å². The van der Waals surface area contributed by atoms with Gasteiger partial charge in [0.05, 0.1) is 33.0 Å². The van der Waals surface area contributed by atoms with E-state index >= 15 is 0 Å². The maximum atomic E-state index is 6.57. The number of benzene rings is 2. The quantitative estimate of drug-likeness (QED) is 0.259. The summed E-state index contributed by atoms with van der Waals surface area (Å²) in [6.45, 7) is 3.60. The number of fused-ring (bicyclic) bond motifs is 3. The normalized spacial score (nSPS) is 23.6. The largest absolute Gasteiger partial charge is 0.373 e. The summed E-state index contributed by atoms with van der Waals surface area (Å²) in [5, 5.41) is 6.71. The van der Waals surface area contributed by atoms with E-state index in [0.717, 1.165) is 65.5 Å². The van der Waals surface area contributed by atoms with Crippen LogP contribution in [0.4, 0.5) is 5.13 Å². The van der Waals surface area contributed by atoms with Crippen LogP contribution in [0.2, 0.25) is 10.0 Å². The fourth-order valence-corrected chi connectivity index (χ4v) is 7.48. The number of piperidine rings is 1. The maximum absolute atomic E-state index is 6.57. The van der Waals surface area contributed by atoms with Crippen molar-refractivity contribution in [2.45, 2.75) is 57.3 Å². The molecule has 3 unspecified atom stereocenters. The molecule has 0 spiro atoms. The standard InChI is InChI=1S/C27H25Cl2N3O2S/c1-14-4-2-7-22-24(14)30-27(35-22)32-12-16-10-17(32)11-21(16)33-13-18-25(31-34-26(18)15-8-9-15)23-19(28)5-3-6-20(23)29/h2-7,15-17,21H,8-13H2,1H3. The summed E-state index contributed by atoms with van der Waals surface area (Å²) in [7, 11) is 0. The van der Waals surface area contributed by atoms with Crippen LogP contribution in [0, 0.1) is 12.8 Å². The molecule has 3 heterocycles. The molecule has 7 rings (SSSR count). The number of halogens is 2. The van der Waals surface area contributed by atoms with E-state index in [4.69, 9.17) is 37.4 Å². The van der Waals surface area contributed by atoms with Gasteiger partial charge in [-0.15, -0.1) is 0 Å². The van der Waals surface area contributed by atoms with E-state index in [-0.39, 0.29) is 6.10 Å². The highest BCUT2D eigenvalue weighted by atomic mass is 35.5. The van der Waals surface area contributed by atoms with E-state index in [2.05, 4.69) is 35.2 Å². The van der Waals surface area contributed by atoms with Gasteiger partial charge in [-0.2, -0.15) is 0 Å². The van der Waals surface area contributed by atoms with Gasteiger partial charge < -0.3 is 14.2 Å². The second-order valence-corrected chi connectivity index (χ2v) is 11.9. The summed E-state index contributed by atoms with van der Waals surface area (Å²) in [5.74, 6) is 1.87. The summed E-state index contributed by atoms with van der Waals surface area (Å²) in [6.07, 6.45) is 4.66. The van der Waals surface area contributed by atoms with Crippen LogP contribution in [-0.2, 0) is 11.3 Å². The zero-order chi connectivity index (χ0) is 23.7. The lowest BCUT2D eigenvalue weighted by atomic mass is 10.0. The predicted octanol–water partition coefficient (Wildman–Crippen LogP) is 7.63. The third-order valence-corrected chi connectivity index (χ3v) is 9.43. The molecule has 1 saturated heterocycles. The molecule has 8 heteroatoms. The molecular weight excluding hydrogens is 501 g/mol. The Hall–Kier alpha value is -2.12. The van der Waals surface area contributed by atoms with Crippen molar-refractivity contribution in [3.8, 4) is 11.3 Å². The fraction of sp³-hybridized carbons (Fsp3) is 0.407. The van der Waals surface area contributed by atoms with Crippen LogP contribution >= 0.6 is 34.5 Å². The molecule has 3 fully saturated rings. The number of para-hydroxylation sites is 1. The van der Waals surface area contributed by atoms with Gasteiger partial charge in [-0.05, 0) is 56.4 Å². The zero-order valence-corrected chi connectivity index (χ0v) is 21.7. The Kier molecular flexibility index (Phi) is 5.35. The van der Waals surface area contributed by atoms with Gasteiger partial charge in [0.15, 0.2) is 5.13 Å². The van der Waals surface area contributed by atoms with E-state index in [1.54, 1.807) is 11.3 Å². The zero-order valence-electron chi connectivity index (χ0n) is 19.3. The first-order valence-electron chi connectivity index (χ1n) is 12.2. The SMILES string of the molecule is Cc1cccc2sc(N3CC4CC3CC4OCc3c(-c4c(Cl)cccc4Cl)noc3C3CC3)nc12. The molecule has 2 aliphatic carbocycles. The highest BCUT2D eigenvalue weighted by molar-refractivity contribution is 7.22. The van der Waals surface area contributed by atoms with E-state index in [0.29, 0.717) is 34.5 Å². The monoisotopic (exact) mass is 525 g/mol. The second kappa shape index (κ2) is 8.48. The number of hydrogen-bond donors (Lipinski definition) is 0. The van der Waals surface area contributed by atoms with Crippen LogP contribution in [0.1, 0.15) is 48.5 Å². The first-order valence-corrected chi connectivity index (χ1v) is 13.8. The third-order valence-electron chi connectivity index (χ3n) is 7.74. The van der Waals surface area contributed by atoms with E-state index < -0.39 is 0 Å². The molecule has 1 aliphatic heterocycles. The molecule has 0 radical (unpaired) electrons. The summed E-state index contributed by atoms with van der Waals surface area (Å²) in [4.78, 5) is 7.48. The van der Waals surface area contributed by atoms with Crippen molar-refractivity contribution < 1.29 is 9.26 Å². The lowest BCUT2D eigenvalue weighted by Crippen LogP contribution is -2.38. The maximum Gasteiger partial charge on any atom is 0.186 e. The topological polar surface area (TPSA) is 51.4 Å². The molecule has 0 amide bonds. The van der Waals surface area contributed by atoms with Crippen LogP contribution in [0.3, 0.4) is 0 Å². The molecule has 3 aliphatic rings. The molecular formula is C27H25Cl2N3O2S. The molecule has 2 aromatic heterocycles. The van der Waals surface area contributed by atoms with Gasteiger partial charge in [0, 0.05) is 35.5 Å².